The summed E-state index contributed by atoms with van der Waals surface area (Å²) in [6.45, 7) is 9.62. The minimum absolute atomic E-state index is 0.639. The Hall–Kier alpha value is -1.31. The molecule has 9 heavy (non-hydrogen) atoms. The molecule has 0 N–H and O–H groups in total. The lowest BCUT2D eigenvalue weighted by Crippen LogP contribution is -1.52. The summed E-state index contributed by atoms with van der Waals surface area (Å²) in [6, 6.07) is 0. The average Bonchev–Trinajstić information content (AvgIpc) is 1.91. The van der Waals surface area contributed by atoms with Crippen LogP contribution in [0.1, 0.15) is 0 Å². The molecule has 0 radical (unpaired) electrons. The molecule has 0 bridgehead atoms. The molecular formula is C7H10O2. The lowest BCUT2D eigenvalue weighted by Gasteiger charge is -1.76. The van der Waals surface area contributed by atoms with Gasteiger partial charge in [-0.3, -0.25) is 4.79 Å². The highest BCUT2D eigenvalue weighted by atomic mass is 16.5. The van der Waals surface area contributed by atoms with Gasteiger partial charge in [-0.25, -0.2) is 0 Å². The van der Waals surface area contributed by atoms with Crippen LogP contribution >= 0.6 is 0 Å². The first kappa shape index (κ1) is 10.6. The van der Waals surface area contributed by atoms with Gasteiger partial charge >= 0.3 is 0 Å². The van der Waals surface area contributed by atoms with Crippen molar-refractivity contribution < 1.29 is 9.53 Å². The third-order valence-electron chi connectivity index (χ3n) is 0.289. The van der Waals surface area contributed by atoms with Crippen LogP contribution in [0.2, 0.25) is 0 Å². The second-order valence-corrected chi connectivity index (χ2v) is 0.841. The van der Waals surface area contributed by atoms with Crippen LogP contribution in [0.3, 0.4) is 0 Å². The highest BCUT2D eigenvalue weighted by Gasteiger charge is 1.45. The summed E-state index contributed by atoms with van der Waals surface area (Å²) in [5.41, 5.74) is 0. The second-order valence-electron chi connectivity index (χ2n) is 0.841. The van der Waals surface area contributed by atoms with Crippen molar-refractivity contribution in [2.24, 2.45) is 0 Å². The van der Waals surface area contributed by atoms with Gasteiger partial charge in [-0.15, -0.1) is 0 Å². The van der Waals surface area contributed by atoms with Crippen LogP contribution in [0.25, 0.3) is 0 Å². The van der Waals surface area contributed by atoms with Crippen molar-refractivity contribution in [2.45, 2.75) is 0 Å². The van der Waals surface area contributed by atoms with E-state index in [0.717, 1.165) is 0 Å². The first-order valence-corrected chi connectivity index (χ1v) is 2.27. The van der Waals surface area contributed by atoms with Gasteiger partial charge in [0.05, 0.1) is 12.5 Å². The van der Waals surface area contributed by atoms with Gasteiger partial charge in [0.1, 0.15) is 6.29 Å². The summed E-state index contributed by atoms with van der Waals surface area (Å²) in [6.07, 6.45) is 4.46. The number of hydrogen-bond acceptors (Lipinski definition) is 2. The van der Waals surface area contributed by atoms with Crippen LogP contribution in [-0.2, 0) is 9.53 Å². The van der Waals surface area contributed by atoms with E-state index >= 15 is 0 Å². The predicted molar refractivity (Wildman–Crippen MR) is 37.7 cm³/mol. The molecule has 0 aromatic heterocycles. The standard InChI is InChI=1S/C4H6O.C3H4O/c1-3-5-4-2;1-2-3-4/h3-4H,1-2H2;2-3H,1H2. The molecule has 0 aromatic carbocycles. The number of ether oxygens (including phenoxy) is 1. The van der Waals surface area contributed by atoms with Crippen molar-refractivity contribution in [3.8, 4) is 0 Å². The molecule has 0 spiro atoms. The van der Waals surface area contributed by atoms with Gasteiger partial charge < -0.3 is 4.74 Å². The van der Waals surface area contributed by atoms with Gasteiger partial charge in [-0.2, -0.15) is 0 Å². The Kier molecular flexibility index (Phi) is 18.8. The average molecular weight is 126 g/mol. The molecule has 0 aromatic rings. The summed E-state index contributed by atoms with van der Waals surface area (Å²) in [7, 11) is 0. The molecule has 0 heterocycles. The third-order valence-corrected chi connectivity index (χ3v) is 0.289. The fraction of sp³-hybridized carbons (Fsp3) is 0. The van der Waals surface area contributed by atoms with E-state index in [-0.39, 0.29) is 0 Å². The van der Waals surface area contributed by atoms with Gasteiger partial charge in [0.2, 0.25) is 0 Å². The van der Waals surface area contributed by atoms with E-state index in [1.54, 1.807) is 0 Å². The zero-order valence-corrected chi connectivity index (χ0v) is 5.25. The normalized spacial score (nSPS) is 5.33. The van der Waals surface area contributed by atoms with Crippen molar-refractivity contribution in [1.82, 2.24) is 0 Å². The van der Waals surface area contributed by atoms with Gasteiger partial charge in [0.25, 0.3) is 0 Å². The van der Waals surface area contributed by atoms with E-state index in [1.165, 1.54) is 18.6 Å². The first-order chi connectivity index (χ1) is 4.33. The Morgan fingerprint density at radius 1 is 1.11 bits per heavy atom. The Bertz CT molecular complexity index is 83.1. The van der Waals surface area contributed by atoms with Gasteiger partial charge in [-0.1, -0.05) is 19.7 Å². The molecule has 2 heteroatoms. The Morgan fingerprint density at radius 3 is 1.44 bits per heavy atom. The zero-order chi connectivity index (χ0) is 7.54. The van der Waals surface area contributed by atoms with Crippen LogP contribution < -0.4 is 0 Å². The smallest absolute Gasteiger partial charge is 0.142 e. The largest absolute Gasteiger partial charge is 0.474 e. The maximum absolute atomic E-state index is 9.06. The number of rotatable bonds is 3. The van der Waals surface area contributed by atoms with Crippen LogP contribution in [0.15, 0.2) is 38.3 Å². The molecule has 0 saturated carbocycles. The maximum Gasteiger partial charge on any atom is 0.142 e. The Morgan fingerprint density at radius 2 is 1.44 bits per heavy atom. The zero-order valence-electron chi connectivity index (χ0n) is 5.25. The number of hydrogen-bond donors (Lipinski definition) is 0. The SMILES string of the molecule is C=CC=O.C=COC=C. The summed E-state index contributed by atoms with van der Waals surface area (Å²) >= 11 is 0. The fourth-order valence-corrected chi connectivity index (χ4v) is 0.0680. The Balaban J connectivity index is 0. The predicted octanol–water partition coefficient (Wildman–Crippen LogP) is 1.66. The molecule has 50 valence electrons. The molecule has 0 fully saturated rings. The van der Waals surface area contributed by atoms with E-state index in [0.29, 0.717) is 6.29 Å². The first-order valence-electron chi connectivity index (χ1n) is 2.27. The van der Waals surface area contributed by atoms with Gasteiger partial charge in [0, 0.05) is 0 Å². The monoisotopic (exact) mass is 126 g/mol. The van der Waals surface area contributed by atoms with Crippen LogP contribution in [0, 0.1) is 0 Å². The second kappa shape index (κ2) is 15.9. The minimum Gasteiger partial charge on any atom is -0.474 e. The summed E-state index contributed by atoms with van der Waals surface area (Å²) in [4.78, 5) is 9.06. The molecule has 0 saturated heterocycles. The summed E-state index contributed by atoms with van der Waals surface area (Å²) in [5, 5.41) is 0. The molecule has 0 unspecified atom stereocenters. The lowest BCUT2D eigenvalue weighted by atomic mass is 10.8. The van der Waals surface area contributed by atoms with Gasteiger partial charge in [-0.05, 0) is 6.08 Å². The van der Waals surface area contributed by atoms with E-state index in [9.17, 15) is 0 Å². The Labute approximate surface area is 55.1 Å². The van der Waals surface area contributed by atoms with Crippen molar-refractivity contribution in [3.63, 3.8) is 0 Å². The lowest BCUT2D eigenvalue weighted by molar-refractivity contribution is -0.104. The molecule has 0 rings (SSSR count). The number of carbonyl (C=O) groups excluding carboxylic acids is 1. The molecule has 0 aliphatic rings. The fourth-order valence-electron chi connectivity index (χ4n) is 0.0680. The third kappa shape index (κ3) is 51.5. The van der Waals surface area contributed by atoms with Gasteiger partial charge in [0.15, 0.2) is 0 Å². The summed E-state index contributed by atoms with van der Waals surface area (Å²) in [5.74, 6) is 0. The van der Waals surface area contributed by atoms with Crippen molar-refractivity contribution in [2.75, 3.05) is 0 Å². The topological polar surface area (TPSA) is 26.3 Å². The van der Waals surface area contributed by atoms with E-state index in [1.807, 2.05) is 0 Å². The quantitative estimate of drug-likeness (QED) is 0.326. The summed E-state index contributed by atoms with van der Waals surface area (Å²) < 4.78 is 4.36. The number of carbonyl (C=O) groups is 1. The molecule has 0 amide bonds. The number of allylic oxidation sites excluding steroid dienone is 1. The van der Waals surface area contributed by atoms with Crippen molar-refractivity contribution in [1.29, 1.82) is 0 Å². The minimum atomic E-state index is 0.639. The highest BCUT2D eigenvalue weighted by molar-refractivity contribution is 5.63. The van der Waals surface area contributed by atoms with Crippen LogP contribution in [0.4, 0.5) is 0 Å². The van der Waals surface area contributed by atoms with Crippen molar-refractivity contribution in [3.05, 3.63) is 38.3 Å². The molecule has 0 aliphatic carbocycles. The van der Waals surface area contributed by atoms with E-state index in [2.05, 4.69) is 24.5 Å². The molecular weight excluding hydrogens is 116 g/mol. The maximum atomic E-state index is 9.06. The van der Waals surface area contributed by atoms with E-state index in [4.69, 9.17) is 4.79 Å². The van der Waals surface area contributed by atoms with Crippen LogP contribution in [-0.4, -0.2) is 6.29 Å². The molecule has 2 nitrogen and oxygen atoms in total. The van der Waals surface area contributed by atoms with E-state index < -0.39 is 0 Å². The van der Waals surface area contributed by atoms with Crippen molar-refractivity contribution >= 4 is 6.29 Å². The highest BCUT2D eigenvalue weighted by Crippen LogP contribution is 1.65. The van der Waals surface area contributed by atoms with Crippen LogP contribution in [0.5, 0.6) is 0 Å². The molecule has 0 atom stereocenters. The number of aldehydes is 1. The molecule has 0 aliphatic heterocycles.